The maximum absolute atomic E-state index is 13.8. The molecular formula is C18H25F2NO2. The van der Waals surface area contributed by atoms with Crippen LogP contribution < -0.4 is 5.32 Å². The van der Waals surface area contributed by atoms with E-state index in [-0.39, 0.29) is 23.5 Å². The van der Waals surface area contributed by atoms with Gasteiger partial charge in [-0.3, -0.25) is 4.79 Å². The minimum absolute atomic E-state index is 0.0871. The number of carbonyl (C=O) groups excluding carboxylic acids is 1. The van der Waals surface area contributed by atoms with Crippen LogP contribution in [0.3, 0.4) is 0 Å². The summed E-state index contributed by atoms with van der Waals surface area (Å²) in [5.74, 6) is -2.66. The van der Waals surface area contributed by atoms with E-state index in [1.165, 1.54) is 19.4 Å². The van der Waals surface area contributed by atoms with E-state index in [1.807, 2.05) is 0 Å². The first-order valence-electron chi connectivity index (χ1n) is 8.31. The van der Waals surface area contributed by atoms with Crippen LogP contribution in [0.4, 0.5) is 8.78 Å². The van der Waals surface area contributed by atoms with Crippen LogP contribution in [0.25, 0.3) is 0 Å². The molecule has 2 N–H and O–H groups in total. The lowest BCUT2D eigenvalue weighted by atomic mass is 9.72. The van der Waals surface area contributed by atoms with Gasteiger partial charge in [-0.1, -0.05) is 25.3 Å². The number of aliphatic hydroxyl groups is 1. The van der Waals surface area contributed by atoms with E-state index >= 15 is 0 Å². The van der Waals surface area contributed by atoms with Crippen molar-refractivity contribution in [1.82, 2.24) is 5.32 Å². The summed E-state index contributed by atoms with van der Waals surface area (Å²) in [4.78, 5) is 12.3. The second-order valence-electron chi connectivity index (χ2n) is 6.61. The maximum Gasteiger partial charge on any atom is 0.227 e. The third kappa shape index (κ3) is 4.28. The molecule has 23 heavy (non-hydrogen) atoms. The predicted molar refractivity (Wildman–Crippen MR) is 85.0 cm³/mol. The van der Waals surface area contributed by atoms with Crippen LogP contribution in [0.5, 0.6) is 0 Å². The Morgan fingerprint density at radius 2 is 1.87 bits per heavy atom. The van der Waals surface area contributed by atoms with E-state index in [2.05, 4.69) is 5.32 Å². The van der Waals surface area contributed by atoms with Crippen molar-refractivity contribution in [2.45, 2.75) is 51.4 Å². The van der Waals surface area contributed by atoms with Crippen molar-refractivity contribution in [2.24, 2.45) is 5.41 Å². The molecular weight excluding hydrogens is 300 g/mol. The summed E-state index contributed by atoms with van der Waals surface area (Å²) in [6.45, 7) is 2.05. The van der Waals surface area contributed by atoms with Crippen molar-refractivity contribution in [2.75, 3.05) is 13.2 Å². The Morgan fingerprint density at radius 3 is 2.43 bits per heavy atom. The molecule has 1 amide bonds. The number of benzene rings is 1. The van der Waals surface area contributed by atoms with Gasteiger partial charge in [-0.05, 0) is 43.7 Å². The topological polar surface area (TPSA) is 49.3 Å². The van der Waals surface area contributed by atoms with Crippen LogP contribution in [0.2, 0.25) is 0 Å². The molecule has 0 aromatic heterocycles. The number of hydrogen-bond acceptors (Lipinski definition) is 2. The van der Waals surface area contributed by atoms with Gasteiger partial charge >= 0.3 is 0 Å². The Hall–Kier alpha value is -1.49. The number of carbonyl (C=O) groups is 1. The van der Waals surface area contributed by atoms with Gasteiger partial charge in [0.2, 0.25) is 5.91 Å². The highest BCUT2D eigenvalue weighted by Gasteiger charge is 2.33. The lowest BCUT2D eigenvalue weighted by Crippen LogP contribution is -2.41. The van der Waals surface area contributed by atoms with E-state index in [0.717, 1.165) is 37.8 Å². The summed E-state index contributed by atoms with van der Waals surface area (Å²) in [5, 5.41) is 12.1. The zero-order chi connectivity index (χ0) is 16.9. The van der Waals surface area contributed by atoms with Gasteiger partial charge in [0.25, 0.3) is 0 Å². The average Bonchev–Trinajstić information content (AvgIpc) is 2.53. The van der Waals surface area contributed by atoms with Gasteiger partial charge in [0.05, 0.1) is 5.92 Å². The molecule has 1 aliphatic carbocycles. The van der Waals surface area contributed by atoms with Crippen molar-refractivity contribution in [1.29, 1.82) is 0 Å². The molecule has 2 rings (SSSR count). The first kappa shape index (κ1) is 17.9. The second kappa shape index (κ2) is 7.86. The largest absolute Gasteiger partial charge is 0.396 e. The third-order valence-corrected chi connectivity index (χ3v) is 5.02. The highest BCUT2D eigenvalue weighted by molar-refractivity contribution is 5.83. The average molecular weight is 325 g/mol. The predicted octanol–water partition coefficient (Wildman–Crippen LogP) is 3.52. The fraction of sp³-hybridized carbons (Fsp3) is 0.611. The molecule has 3 nitrogen and oxygen atoms in total. The number of halogens is 2. The summed E-state index contributed by atoms with van der Waals surface area (Å²) in [6.07, 6.45) is 5.95. The number of aliphatic hydroxyl groups excluding tert-OH is 1. The standard InChI is InChI=1S/C18H25F2NO2/c1-13(16-14(19)6-5-7-15(16)20)17(23)21-12-18(10-11-22)8-3-2-4-9-18/h5-7,13,22H,2-4,8-12H2,1H3,(H,21,23). The van der Waals surface area contributed by atoms with Gasteiger partial charge in [-0.2, -0.15) is 0 Å². The van der Waals surface area contributed by atoms with Gasteiger partial charge in [-0.25, -0.2) is 8.78 Å². The molecule has 1 aliphatic rings. The van der Waals surface area contributed by atoms with E-state index in [0.29, 0.717) is 13.0 Å². The second-order valence-corrected chi connectivity index (χ2v) is 6.61. The Kier molecular flexibility index (Phi) is 6.10. The summed E-state index contributed by atoms with van der Waals surface area (Å²) in [6, 6.07) is 3.62. The summed E-state index contributed by atoms with van der Waals surface area (Å²) < 4.78 is 27.6. The summed E-state index contributed by atoms with van der Waals surface area (Å²) in [5.41, 5.74) is -0.277. The number of amides is 1. The quantitative estimate of drug-likeness (QED) is 0.841. The molecule has 0 radical (unpaired) electrons. The smallest absolute Gasteiger partial charge is 0.227 e. The van der Waals surface area contributed by atoms with Crippen molar-refractivity contribution in [3.63, 3.8) is 0 Å². The lowest BCUT2D eigenvalue weighted by Gasteiger charge is -2.37. The van der Waals surface area contributed by atoms with E-state index in [9.17, 15) is 18.7 Å². The molecule has 0 heterocycles. The van der Waals surface area contributed by atoms with Gasteiger partial charge < -0.3 is 10.4 Å². The lowest BCUT2D eigenvalue weighted by molar-refractivity contribution is -0.123. The Balaban J connectivity index is 2.03. The number of rotatable bonds is 6. The first-order chi connectivity index (χ1) is 11.0. The molecule has 1 saturated carbocycles. The summed E-state index contributed by atoms with van der Waals surface area (Å²) in [7, 11) is 0. The first-order valence-corrected chi connectivity index (χ1v) is 8.31. The van der Waals surface area contributed by atoms with Gasteiger partial charge in [0, 0.05) is 18.7 Å². The fourth-order valence-corrected chi connectivity index (χ4v) is 3.54. The van der Waals surface area contributed by atoms with Gasteiger partial charge in [0.15, 0.2) is 0 Å². The molecule has 128 valence electrons. The summed E-state index contributed by atoms with van der Waals surface area (Å²) >= 11 is 0. The number of hydrogen-bond donors (Lipinski definition) is 2. The Morgan fingerprint density at radius 1 is 1.26 bits per heavy atom. The van der Waals surface area contributed by atoms with Crippen molar-refractivity contribution < 1.29 is 18.7 Å². The monoisotopic (exact) mass is 325 g/mol. The zero-order valence-corrected chi connectivity index (χ0v) is 13.6. The van der Waals surface area contributed by atoms with Crippen LogP contribution in [0.1, 0.15) is 56.9 Å². The van der Waals surface area contributed by atoms with Gasteiger partial charge in [0.1, 0.15) is 11.6 Å². The van der Waals surface area contributed by atoms with Crippen LogP contribution in [-0.2, 0) is 4.79 Å². The normalized spacial score (nSPS) is 18.4. The highest BCUT2D eigenvalue weighted by Crippen LogP contribution is 2.38. The van der Waals surface area contributed by atoms with Crippen LogP contribution in [-0.4, -0.2) is 24.2 Å². The van der Waals surface area contributed by atoms with E-state index < -0.39 is 17.6 Å². The zero-order valence-electron chi connectivity index (χ0n) is 13.6. The highest BCUT2D eigenvalue weighted by atomic mass is 19.1. The minimum Gasteiger partial charge on any atom is -0.396 e. The Bertz CT molecular complexity index is 516. The molecule has 1 atom stereocenters. The van der Waals surface area contributed by atoms with Crippen LogP contribution in [0, 0.1) is 17.0 Å². The van der Waals surface area contributed by atoms with Crippen molar-refractivity contribution in [3.05, 3.63) is 35.4 Å². The fourth-order valence-electron chi connectivity index (χ4n) is 3.54. The molecule has 0 aliphatic heterocycles. The minimum atomic E-state index is -0.883. The molecule has 1 fully saturated rings. The molecule has 5 heteroatoms. The van der Waals surface area contributed by atoms with Crippen LogP contribution in [0.15, 0.2) is 18.2 Å². The van der Waals surface area contributed by atoms with Gasteiger partial charge in [-0.15, -0.1) is 0 Å². The molecule has 1 aromatic rings. The Labute approximate surface area is 136 Å². The van der Waals surface area contributed by atoms with Crippen molar-refractivity contribution >= 4 is 5.91 Å². The molecule has 0 spiro atoms. The third-order valence-electron chi connectivity index (χ3n) is 5.02. The molecule has 0 saturated heterocycles. The molecule has 1 unspecified atom stereocenters. The molecule has 1 aromatic carbocycles. The van der Waals surface area contributed by atoms with Crippen LogP contribution >= 0.6 is 0 Å². The van der Waals surface area contributed by atoms with E-state index in [1.54, 1.807) is 0 Å². The maximum atomic E-state index is 13.8. The van der Waals surface area contributed by atoms with E-state index in [4.69, 9.17) is 0 Å². The van der Waals surface area contributed by atoms with Crippen molar-refractivity contribution in [3.8, 4) is 0 Å². The SMILES string of the molecule is CC(C(=O)NCC1(CCO)CCCCC1)c1c(F)cccc1F. The molecule has 0 bridgehead atoms. The number of nitrogens with one attached hydrogen (secondary N) is 1.